The van der Waals surface area contributed by atoms with Crippen molar-refractivity contribution in [1.29, 1.82) is 0 Å². The fourth-order valence-corrected chi connectivity index (χ4v) is 1.90. The van der Waals surface area contributed by atoms with Gasteiger partial charge in [-0.3, -0.25) is 0 Å². The summed E-state index contributed by atoms with van der Waals surface area (Å²) in [6.45, 7) is 5.97. The second-order valence-corrected chi connectivity index (χ2v) is 4.80. The third-order valence-corrected chi connectivity index (χ3v) is 3.22. The molecule has 5 heteroatoms. The lowest BCUT2D eigenvalue weighted by Crippen LogP contribution is -2.14. The highest BCUT2D eigenvalue weighted by molar-refractivity contribution is 5.86. The molecular formula is C14H25N3O2. The van der Waals surface area contributed by atoms with E-state index in [2.05, 4.69) is 18.8 Å². The molecule has 0 aromatic carbocycles. The van der Waals surface area contributed by atoms with Crippen molar-refractivity contribution < 1.29 is 9.53 Å². The zero-order valence-corrected chi connectivity index (χ0v) is 12.0. The Morgan fingerprint density at radius 2 is 2.32 bits per heavy atom. The van der Waals surface area contributed by atoms with Gasteiger partial charge >= 0.3 is 5.97 Å². The van der Waals surface area contributed by atoms with Crippen LogP contribution in [0, 0.1) is 5.92 Å². The van der Waals surface area contributed by atoms with Crippen LogP contribution in [0.5, 0.6) is 0 Å². The lowest BCUT2D eigenvalue weighted by molar-refractivity contribution is 0.0422. The number of hydrogen-bond acceptors (Lipinski definition) is 4. The Hall–Kier alpha value is -1.36. The molecule has 0 aliphatic heterocycles. The number of aromatic nitrogens is 2. The summed E-state index contributed by atoms with van der Waals surface area (Å²) in [4.78, 5) is 15.9. The maximum Gasteiger partial charge on any atom is 0.358 e. The quantitative estimate of drug-likeness (QED) is 0.696. The third-order valence-electron chi connectivity index (χ3n) is 3.22. The zero-order chi connectivity index (χ0) is 14.1. The lowest BCUT2D eigenvalue weighted by atomic mass is 10.0. The van der Waals surface area contributed by atoms with Gasteiger partial charge in [-0.2, -0.15) is 0 Å². The van der Waals surface area contributed by atoms with Crippen LogP contribution in [0.2, 0.25) is 0 Å². The summed E-state index contributed by atoms with van der Waals surface area (Å²) in [5.74, 6) is 0.112. The van der Waals surface area contributed by atoms with Crippen molar-refractivity contribution in [3.05, 3.63) is 18.2 Å². The van der Waals surface area contributed by atoms with Crippen LogP contribution in [-0.2, 0) is 11.3 Å². The maximum atomic E-state index is 11.8. The smallest absolute Gasteiger partial charge is 0.358 e. The van der Waals surface area contributed by atoms with E-state index in [-0.39, 0.29) is 5.97 Å². The number of unbranched alkanes of at least 4 members (excludes halogenated alkanes) is 1. The number of nitrogens with two attached hydrogens (primary N) is 1. The Labute approximate surface area is 115 Å². The van der Waals surface area contributed by atoms with Crippen LogP contribution in [0.3, 0.4) is 0 Å². The van der Waals surface area contributed by atoms with Crippen molar-refractivity contribution >= 4 is 5.97 Å². The Morgan fingerprint density at radius 3 is 2.95 bits per heavy atom. The minimum atomic E-state index is -0.342. The summed E-state index contributed by atoms with van der Waals surface area (Å²) in [6.07, 6.45) is 7.80. The van der Waals surface area contributed by atoms with Crippen LogP contribution in [0.25, 0.3) is 0 Å². The van der Waals surface area contributed by atoms with E-state index in [1.165, 1.54) is 12.8 Å². The monoisotopic (exact) mass is 267 g/mol. The Balaban J connectivity index is 2.40. The van der Waals surface area contributed by atoms with Crippen molar-refractivity contribution in [3.8, 4) is 0 Å². The second kappa shape index (κ2) is 8.69. The molecule has 2 N–H and O–H groups in total. The van der Waals surface area contributed by atoms with Gasteiger partial charge in [-0.15, -0.1) is 0 Å². The predicted octanol–water partition coefficient (Wildman–Crippen LogP) is 2.21. The molecule has 1 aromatic rings. The maximum absolute atomic E-state index is 11.8. The largest absolute Gasteiger partial charge is 0.461 e. The molecule has 108 valence electrons. The molecule has 1 rings (SSSR count). The van der Waals surface area contributed by atoms with Crippen LogP contribution in [-0.4, -0.2) is 28.7 Å². The summed E-state index contributed by atoms with van der Waals surface area (Å²) >= 11 is 0. The molecule has 0 bridgehead atoms. The third kappa shape index (κ3) is 5.42. The van der Waals surface area contributed by atoms with Crippen molar-refractivity contribution in [2.24, 2.45) is 11.7 Å². The molecule has 0 amide bonds. The van der Waals surface area contributed by atoms with Gasteiger partial charge in [0.2, 0.25) is 0 Å². The number of esters is 1. The Morgan fingerprint density at radius 1 is 1.53 bits per heavy atom. The van der Waals surface area contributed by atoms with Crippen LogP contribution in [0.1, 0.15) is 50.0 Å². The van der Waals surface area contributed by atoms with E-state index in [0.717, 1.165) is 12.8 Å². The van der Waals surface area contributed by atoms with E-state index in [1.54, 1.807) is 17.1 Å². The summed E-state index contributed by atoms with van der Waals surface area (Å²) in [7, 11) is 0. The molecule has 0 aliphatic carbocycles. The van der Waals surface area contributed by atoms with Crippen LogP contribution >= 0.6 is 0 Å². The molecule has 0 saturated carbocycles. The molecule has 1 unspecified atom stereocenters. The van der Waals surface area contributed by atoms with Gasteiger partial charge in [0.05, 0.1) is 12.9 Å². The number of nitrogens with zero attached hydrogens (tertiary/aromatic N) is 2. The van der Waals surface area contributed by atoms with Gasteiger partial charge in [0.1, 0.15) is 0 Å². The van der Waals surface area contributed by atoms with Gasteiger partial charge in [0.25, 0.3) is 0 Å². The highest BCUT2D eigenvalue weighted by atomic mass is 16.5. The van der Waals surface area contributed by atoms with Crippen LogP contribution < -0.4 is 5.73 Å². The summed E-state index contributed by atoms with van der Waals surface area (Å²) in [5, 5.41) is 0. The van der Waals surface area contributed by atoms with E-state index < -0.39 is 0 Å². The van der Waals surface area contributed by atoms with Gasteiger partial charge in [-0.05, 0) is 12.3 Å². The van der Waals surface area contributed by atoms with Crippen molar-refractivity contribution in [2.75, 3.05) is 13.2 Å². The molecule has 5 nitrogen and oxygen atoms in total. The van der Waals surface area contributed by atoms with Gasteiger partial charge < -0.3 is 15.0 Å². The molecule has 0 fully saturated rings. The van der Waals surface area contributed by atoms with Crippen LogP contribution in [0.15, 0.2) is 12.5 Å². The SMILES string of the molecule is CCCCC(CC)COC(=O)c1cn(CCN)cn1. The first-order valence-electron chi connectivity index (χ1n) is 7.10. The number of hydrogen-bond donors (Lipinski definition) is 1. The Bertz CT molecular complexity index is 377. The second-order valence-electron chi connectivity index (χ2n) is 4.80. The van der Waals surface area contributed by atoms with Crippen molar-refractivity contribution in [3.63, 3.8) is 0 Å². The first kappa shape index (κ1) is 15.7. The van der Waals surface area contributed by atoms with E-state index in [0.29, 0.717) is 31.3 Å². The molecule has 0 spiro atoms. The molecule has 0 aliphatic rings. The molecule has 1 heterocycles. The molecule has 1 atom stereocenters. The van der Waals surface area contributed by atoms with E-state index in [9.17, 15) is 4.79 Å². The minimum Gasteiger partial charge on any atom is -0.461 e. The average molecular weight is 267 g/mol. The number of carbonyl (C=O) groups is 1. The zero-order valence-electron chi connectivity index (χ0n) is 12.0. The summed E-state index contributed by atoms with van der Waals surface area (Å²) < 4.78 is 7.12. The standard InChI is InChI=1S/C14H25N3O2/c1-3-5-6-12(4-2)10-19-14(18)13-9-17(8-7-15)11-16-13/h9,11-12H,3-8,10,15H2,1-2H3. The van der Waals surface area contributed by atoms with Gasteiger partial charge in [-0.1, -0.05) is 33.1 Å². The van der Waals surface area contributed by atoms with E-state index in [4.69, 9.17) is 10.5 Å². The molecular weight excluding hydrogens is 242 g/mol. The molecule has 0 saturated heterocycles. The average Bonchev–Trinajstić information content (AvgIpc) is 2.88. The van der Waals surface area contributed by atoms with Crippen molar-refractivity contribution in [1.82, 2.24) is 9.55 Å². The highest BCUT2D eigenvalue weighted by Gasteiger charge is 2.14. The van der Waals surface area contributed by atoms with E-state index >= 15 is 0 Å². The highest BCUT2D eigenvalue weighted by Crippen LogP contribution is 2.13. The van der Waals surface area contributed by atoms with Gasteiger partial charge in [0, 0.05) is 19.3 Å². The normalized spacial score (nSPS) is 12.4. The Kier molecular flexibility index (Phi) is 7.18. The summed E-state index contributed by atoms with van der Waals surface area (Å²) in [6, 6.07) is 0. The van der Waals surface area contributed by atoms with Crippen LogP contribution in [0.4, 0.5) is 0 Å². The number of imidazole rings is 1. The molecule has 19 heavy (non-hydrogen) atoms. The fourth-order valence-electron chi connectivity index (χ4n) is 1.90. The summed E-state index contributed by atoms with van der Waals surface area (Å²) in [5.41, 5.74) is 5.80. The number of ether oxygens (including phenoxy) is 1. The first-order valence-corrected chi connectivity index (χ1v) is 7.10. The predicted molar refractivity (Wildman–Crippen MR) is 74.9 cm³/mol. The van der Waals surface area contributed by atoms with Crippen molar-refractivity contribution in [2.45, 2.75) is 46.1 Å². The molecule has 0 radical (unpaired) electrons. The van der Waals surface area contributed by atoms with E-state index in [1.807, 2.05) is 0 Å². The number of rotatable bonds is 9. The minimum absolute atomic E-state index is 0.342. The topological polar surface area (TPSA) is 70.1 Å². The van der Waals surface area contributed by atoms with Gasteiger partial charge in [0.15, 0.2) is 5.69 Å². The lowest BCUT2D eigenvalue weighted by Gasteiger charge is -2.13. The first-order chi connectivity index (χ1) is 9.21. The van der Waals surface area contributed by atoms with Gasteiger partial charge in [-0.25, -0.2) is 9.78 Å². The fraction of sp³-hybridized carbons (Fsp3) is 0.714. The number of carbonyl (C=O) groups excluding carboxylic acids is 1. The molecule has 1 aromatic heterocycles.